The number of nitrogens with zero attached hydrogens (tertiary/aromatic N) is 2. The first kappa shape index (κ1) is 18.2. The highest BCUT2D eigenvalue weighted by Gasteiger charge is 2.28. The summed E-state index contributed by atoms with van der Waals surface area (Å²) in [5.41, 5.74) is 2.04. The zero-order chi connectivity index (χ0) is 18.7. The number of carbonyl (C=O) groups is 2. The Morgan fingerprint density at radius 2 is 1.92 bits per heavy atom. The van der Waals surface area contributed by atoms with Gasteiger partial charge in [-0.2, -0.15) is 0 Å². The number of hydrogen-bond acceptors (Lipinski definition) is 4. The molecule has 1 unspecified atom stereocenters. The van der Waals surface area contributed by atoms with Crippen molar-refractivity contribution < 1.29 is 14.0 Å². The SMILES string of the molecule is CCC(CC)C(=O)Nc1ncc2c(n1)CC(c1ccc(F)cc1)CC2=O. The molecule has 1 aromatic carbocycles. The molecular weight excluding hydrogens is 333 g/mol. The number of nitrogens with one attached hydrogen (secondary N) is 1. The molecule has 1 aromatic heterocycles. The van der Waals surface area contributed by atoms with Gasteiger partial charge >= 0.3 is 0 Å². The van der Waals surface area contributed by atoms with Crippen LogP contribution in [0.5, 0.6) is 0 Å². The van der Waals surface area contributed by atoms with Crippen LogP contribution in [0.4, 0.5) is 10.3 Å². The Morgan fingerprint density at radius 1 is 1.23 bits per heavy atom. The van der Waals surface area contributed by atoms with Crippen molar-refractivity contribution in [2.45, 2.75) is 45.4 Å². The summed E-state index contributed by atoms with van der Waals surface area (Å²) in [5, 5.41) is 2.75. The van der Waals surface area contributed by atoms with Crippen LogP contribution in [-0.2, 0) is 11.2 Å². The molecule has 2 aromatic rings. The van der Waals surface area contributed by atoms with Gasteiger partial charge in [0.15, 0.2) is 5.78 Å². The monoisotopic (exact) mass is 355 g/mol. The molecule has 0 bridgehead atoms. The van der Waals surface area contributed by atoms with Gasteiger partial charge in [-0.05, 0) is 42.9 Å². The van der Waals surface area contributed by atoms with E-state index in [1.807, 2.05) is 13.8 Å². The third kappa shape index (κ3) is 3.79. The van der Waals surface area contributed by atoms with Gasteiger partial charge in [0, 0.05) is 18.5 Å². The average Bonchev–Trinajstić information content (AvgIpc) is 2.63. The zero-order valence-electron chi connectivity index (χ0n) is 15.0. The lowest BCUT2D eigenvalue weighted by molar-refractivity contribution is -0.120. The Hall–Kier alpha value is -2.63. The molecule has 1 N–H and O–H groups in total. The summed E-state index contributed by atoms with van der Waals surface area (Å²) in [6.45, 7) is 3.93. The number of ketones is 1. The van der Waals surface area contributed by atoms with Crippen LogP contribution in [0.15, 0.2) is 30.5 Å². The highest BCUT2D eigenvalue weighted by atomic mass is 19.1. The van der Waals surface area contributed by atoms with Crippen molar-refractivity contribution in [2.75, 3.05) is 5.32 Å². The van der Waals surface area contributed by atoms with E-state index < -0.39 is 0 Å². The number of hydrogen-bond donors (Lipinski definition) is 1. The van der Waals surface area contributed by atoms with Gasteiger partial charge in [0.25, 0.3) is 0 Å². The van der Waals surface area contributed by atoms with E-state index in [0.29, 0.717) is 24.1 Å². The minimum Gasteiger partial charge on any atom is -0.294 e. The standard InChI is InChI=1S/C20H22FN3O2/c1-3-12(4-2)19(26)24-20-22-11-16-17(23-20)9-14(10-18(16)25)13-5-7-15(21)8-6-13/h5-8,11-12,14H,3-4,9-10H2,1-2H3,(H,22,23,24,26). The van der Waals surface area contributed by atoms with Crippen LogP contribution in [0.2, 0.25) is 0 Å². The van der Waals surface area contributed by atoms with Gasteiger partial charge < -0.3 is 0 Å². The lowest BCUT2D eigenvalue weighted by atomic mass is 9.82. The second-order valence-electron chi connectivity index (χ2n) is 6.64. The van der Waals surface area contributed by atoms with Gasteiger partial charge in [-0.15, -0.1) is 0 Å². The number of Topliss-reactive ketones (excluding diaryl/α,β-unsaturated/α-hetero) is 1. The number of fused-ring (bicyclic) bond motifs is 1. The van der Waals surface area contributed by atoms with Crippen LogP contribution in [0.3, 0.4) is 0 Å². The summed E-state index contributed by atoms with van der Waals surface area (Å²) < 4.78 is 13.1. The normalized spacial score (nSPS) is 16.5. The lowest BCUT2D eigenvalue weighted by Crippen LogP contribution is -2.25. The van der Waals surface area contributed by atoms with Crippen LogP contribution >= 0.6 is 0 Å². The summed E-state index contributed by atoms with van der Waals surface area (Å²) in [6, 6.07) is 6.21. The molecule has 1 atom stereocenters. The van der Waals surface area contributed by atoms with Crippen molar-refractivity contribution >= 4 is 17.6 Å². The Morgan fingerprint density at radius 3 is 2.58 bits per heavy atom. The van der Waals surface area contributed by atoms with E-state index in [2.05, 4.69) is 15.3 Å². The number of aromatic nitrogens is 2. The van der Waals surface area contributed by atoms with E-state index in [1.54, 1.807) is 12.1 Å². The molecule has 6 heteroatoms. The third-order valence-electron chi connectivity index (χ3n) is 4.97. The van der Waals surface area contributed by atoms with E-state index in [9.17, 15) is 14.0 Å². The van der Waals surface area contributed by atoms with E-state index in [4.69, 9.17) is 0 Å². The first-order valence-corrected chi connectivity index (χ1v) is 8.97. The van der Waals surface area contributed by atoms with E-state index >= 15 is 0 Å². The highest BCUT2D eigenvalue weighted by molar-refractivity contribution is 5.99. The molecule has 5 nitrogen and oxygen atoms in total. The molecule has 1 heterocycles. The lowest BCUT2D eigenvalue weighted by Gasteiger charge is -2.23. The third-order valence-corrected chi connectivity index (χ3v) is 4.97. The van der Waals surface area contributed by atoms with Crippen molar-refractivity contribution in [1.82, 2.24) is 9.97 Å². The fourth-order valence-corrected chi connectivity index (χ4v) is 3.35. The predicted octanol–water partition coefficient (Wildman–Crippen LogP) is 3.90. The van der Waals surface area contributed by atoms with Crippen molar-refractivity contribution in [2.24, 2.45) is 5.92 Å². The smallest absolute Gasteiger partial charge is 0.229 e. The van der Waals surface area contributed by atoms with Gasteiger partial charge in [-0.1, -0.05) is 26.0 Å². The molecule has 0 saturated heterocycles. The molecule has 3 rings (SSSR count). The molecule has 26 heavy (non-hydrogen) atoms. The Kier molecular flexibility index (Phi) is 5.40. The van der Waals surface area contributed by atoms with Crippen molar-refractivity contribution in [3.63, 3.8) is 0 Å². The number of carbonyl (C=O) groups excluding carboxylic acids is 2. The fraction of sp³-hybridized carbons (Fsp3) is 0.400. The quantitative estimate of drug-likeness (QED) is 0.883. The largest absolute Gasteiger partial charge is 0.294 e. The Balaban J connectivity index is 1.82. The first-order valence-electron chi connectivity index (χ1n) is 8.97. The van der Waals surface area contributed by atoms with Crippen LogP contribution in [0.1, 0.15) is 60.6 Å². The first-order chi connectivity index (χ1) is 12.5. The van der Waals surface area contributed by atoms with Crippen LogP contribution in [-0.4, -0.2) is 21.7 Å². The summed E-state index contributed by atoms with van der Waals surface area (Å²) in [5.74, 6) is -0.333. The molecule has 0 aliphatic heterocycles. The average molecular weight is 355 g/mol. The topological polar surface area (TPSA) is 72.0 Å². The molecule has 1 aliphatic rings. The molecule has 136 valence electrons. The highest BCUT2D eigenvalue weighted by Crippen LogP contribution is 2.32. The maximum atomic E-state index is 13.1. The maximum absolute atomic E-state index is 13.1. The molecule has 0 saturated carbocycles. The summed E-state index contributed by atoms with van der Waals surface area (Å²) in [7, 11) is 0. The van der Waals surface area contributed by atoms with Crippen molar-refractivity contribution in [1.29, 1.82) is 0 Å². The van der Waals surface area contributed by atoms with E-state index in [0.717, 1.165) is 18.4 Å². The van der Waals surface area contributed by atoms with Gasteiger partial charge in [-0.3, -0.25) is 14.9 Å². The van der Waals surface area contributed by atoms with Crippen molar-refractivity contribution in [3.8, 4) is 0 Å². The van der Waals surface area contributed by atoms with Crippen LogP contribution < -0.4 is 5.32 Å². The Bertz CT molecular complexity index is 816. The predicted molar refractivity (Wildman–Crippen MR) is 96.5 cm³/mol. The second-order valence-corrected chi connectivity index (χ2v) is 6.64. The van der Waals surface area contributed by atoms with E-state index in [1.165, 1.54) is 18.3 Å². The number of anilines is 1. The van der Waals surface area contributed by atoms with Crippen LogP contribution in [0.25, 0.3) is 0 Å². The molecule has 0 radical (unpaired) electrons. The number of halogens is 1. The van der Waals surface area contributed by atoms with Gasteiger partial charge in [0.05, 0.1) is 11.3 Å². The number of amides is 1. The fourth-order valence-electron chi connectivity index (χ4n) is 3.35. The minimum atomic E-state index is -0.301. The number of benzene rings is 1. The minimum absolute atomic E-state index is 0.0292. The molecular formula is C20H22FN3O2. The van der Waals surface area contributed by atoms with Crippen LogP contribution in [0, 0.1) is 11.7 Å². The molecule has 1 aliphatic carbocycles. The molecule has 0 fully saturated rings. The van der Waals surface area contributed by atoms with Gasteiger partial charge in [0.2, 0.25) is 11.9 Å². The molecule has 1 amide bonds. The van der Waals surface area contributed by atoms with Gasteiger partial charge in [0.1, 0.15) is 5.82 Å². The second kappa shape index (κ2) is 7.72. The Labute approximate surface area is 152 Å². The number of rotatable bonds is 5. The zero-order valence-corrected chi connectivity index (χ0v) is 15.0. The summed E-state index contributed by atoms with van der Waals surface area (Å²) in [6.07, 6.45) is 3.90. The summed E-state index contributed by atoms with van der Waals surface area (Å²) in [4.78, 5) is 33.2. The van der Waals surface area contributed by atoms with E-state index in [-0.39, 0.29) is 35.3 Å². The maximum Gasteiger partial charge on any atom is 0.229 e. The summed E-state index contributed by atoms with van der Waals surface area (Å²) >= 11 is 0. The van der Waals surface area contributed by atoms with Gasteiger partial charge in [-0.25, -0.2) is 14.4 Å². The van der Waals surface area contributed by atoms with Crippen molar-refractivity contribution in [3.05, 3.63) is 53.1 Å². The molecule has 0 spiro atoms.